The van der Waals surface area contributed by atoms with E-state index in [1.54, 1.807) is 6.20 Å². The van der Waals surface area contributed by atoms with Gasteiger partial charge in [0.25, 0.3) is 0 Å². The van der Waals surface area contributed by atoms with Crippen LogP contribution in [0.15, 0.2) is 24.4 Å². The third kappa shape index (κ3) is 1.36. The predicted octanol–water partition coefficient (Wildman–Crippen LogP) is 3.16. The van der Waals surface area contributed by atoms with Crippen LogP contribution < -0.4 is 0 Å². The van der Waals surface area contributed by atoms with Gasteiger partial charge in [0.15, 0.2) is 0 Å². The molecule has 0 unspecified atom stereocenters. The fourth-order valence-electron chi connectivity index (χ4n) is 1.60. The molecule has 0 radical (unpaired) electrons. The first-order chi connectivity index (χ1) is 6.83. The number of aromatic nitrogens is 2. The molecule has 1 fully saturated rings. The molecule has 2 aromatic heterocycles. The summed E-state index contributed by atoms with van der Waals surface area (Å²) in [5, 5.41) is 0.651. The van der Waals surface area contributed by atoms with Crippen LogP contribution in [0, 0.1) is 0 Å². The van der Waals surface area contributed by atoms with E-state index in [1.807, 2.05) is 12.1 Å². The molecule has 2 aromatic rings. The van der Waals surface area contributed by atoms with Crippen molar-refractivity contribution in [3.63, 3.8) is 0 Å². The Morgan fingerprint density at radius 2 is 2.07 bits per heavy atom. The summed E-state index contributed by atoms with van der Waals surface area (Å²) in [6.45, 7) is 0. The number of hydrogen-bond acceptors (Lipinski definition) is 2. The van der Waals surface area contributed by atoms with E-state index < -0.39 is 0 Å². The van der Waals surface area contributed by atoms with E-state index >= 15 is 0 Å². The molecular formula is C11H9ClN2. The van der Waals surface area contributed by atoms with E-state index in [4.69, 9.17) is 11.6 Å². The van der Waals surface area contributed by atoms with Gasteiger partial charge >= 0.3 is 0 Å². The second kappa shape index (κ2) is 2.92. The Labute approximate surface area is 86.9 Å². The molecule has 2 heterocycles. The minimum absolute atomic E-state index is 0.651. The van der Waals surface area contributed by atoms with E-state index in [9.17, 15) is 0 Å². The summed E-state index contributed by atoms with van der Waals surface area (Å²) in [4.78, 5) is 8.76. The number of fused-ring (bicyclic) bond motifs is 1. The second-order valence-corrected chi connectivity index (χ2v) is 4.14. The lowest BCUT2D eigenvalue weighted by molar-refractivity contribution is 1.04. The van der Waals surface area contributed by atoms with Crippen molar-refractivity contribution in [2.24, 2.45) is 0 Å². The lowest BCUT2D eigenvalue weighted by atomic mass is 10.2. The molecule has 3 rings (SSSR count). The average Bonchev–Trinajstić information content (AvgIpc) is 3.00. The molecule has 0 aromatic carbocycles. The fraction of sp³-hybridized carbons (Fsp3) is 0.273. The van der Waals surface area contributed by atoms with Crippen LogP contribution >= 0.6 is 11.6 Å². The van der Waals surface area contributed by atoms with Crippen molar-refractivity contribution < 1.29 is 0 Å². The molecule has 0 saturated heterocycles. The molecule has 1 aliphatic rings. The van der Waals surface area contributed by atoms with Gasteiger partial charge in [-0.05, 0) is 31.0 Å². The van der Waals surface area contributed by atoms with Gasteiger partial charge in [0, 0.05) is 17.8 Å². The molecule has 0 bridgehead atoms. The molecule has 2 nitrogen and oxygen atoms in total. The molecular weight excluding hydrogens is 196 g/mol. The highest BCUT2D eigenvalue weighted by molar-refractivity contribution is 6.31. The topological polar surface area (TPSA) is 25.8 Å². The Kier molecular flexibility index (Phi) is 1.71. The Hall–Kier alpha value is -1.15. The van der Waals surface area contributed by atoms with Gasteiger partial charge in [-0.2, -0.15) is 0 Å². The van der Waals surface area contributed by atoms with E-state index in [-0.39, 0.29) is 0 Å². The first-order valence-electron chi connectivity index (χ1n) is 4.75. The smallest absolute Gasteiger partial charge is 0.0904 e. The summed E-state index contributed by atoms with van der Waals surface area (Å²) in [7, 11) is 0. The molecule has 0 aliphatic heterocycles. The van der Waals surface area contributed by atoms with Crippen LogP contribution in [-0.2, 0) is 0 Å². The Morgan fingerprint density at radius 1 is 1.21 bits per heavy atom. The van der Waals surface area contributed by atoms with Crippen LogP contribution in [0.4, 0.5) is 0 Å². The molecule has 0 spiro atoms. The Bertz CT molecular complexity index is 492. The van der Waals surface area contributed by atoms with Crippen molar-refractivity contribution in [3.05, 3.63) is 35.1 Å². The standard InChI is InChI=1S/C11H9ClN2/c12-8-5-11-10(13-6-8)4-3-9(14-11)7-1-2-7/h3-7H,1-2H2. The summed E-state index contributed by atoms with van der Waals surface area (Å²) in [5.41, 5.74) is 3.00. The molecule has 70 valence electrons. The quantitative estimate of drug-likeness (QED) is 0.713. The van der Waals surface area contributed by atoms with Gasteiger partial charge in [0.2, 0.25) is 0 Å². The van der Waals surface area contributed by atoms with Crippen molar-refractivity contribution in [1.82, 2.24) is 9.97 Å². The molecule has 1 aliphatic carbocycles. The monoisotopic (exact) mass is 204 g/mol. The van der Waals surface area contributed by atoms with Crippen molar-refractivity contribution in [3.8, 4) is 0 Å². The van der Waals surface area contributed by atoms with Gasteiger partial charge in [-0.15, -0.1) is 0 Å². The minimum Gasteiger partial charge on any atom is -0.253 e. The van der Waals surface area contributed by atoms with Crippen molar-refractivity contribution in [2.45, 2.75) is 18.8 Å². The van der Waals surface area contributed by atoms with Crippen LogP contribution in [0.2, 0.25) is 5.02 Å². The van der Waals surface area contributed by atoms with E-state index in [0.717, 1.165) is 11.0 Å². The average molecular weight is 205 g/mol. The highest BCUT2D eigenvalue weighted by Crippen LogP contribution is 2.39. The number of pyridine rings is 2. The van der Waals surface area contributed by atoms with Gasteiger partial charge in [-0.3, -0.25) is 9.97 Å². The lowest BCUT2D eigenvalue weighted by Gasteiger charge is -2.00. The van der Waals surface area contributed by atoms with Crippen LogP contribution in [-0.4, -0.2) is 9.97 Å². The largest absolute Gasteiger partial charge is 0.253 e. The van der Waals surface area contributed by atoms with Gasteiger partial charge in [-0.25, -0.2) is 0 Å². The van der Waals surface area contributed by atoms with Gasteiger partial charge in [0.05, 0.1) is 16.1 Å². The molecule has 0 atom stereocenters. The normalized spacial score (nSPS) is 16.1. The third-order valence-electron chi connectivity index (χ3n) is 2.52. The fourth-order valence-corrected chi connectivity index (χ4v) is 1.76. The van der Waals surface area contributed by atoms with E-state index in [0.29, 0.717) is 10.9 Å². The maximum absolute atomic E-state index is 5.86. The summed E-state index contributed by atoms with van der Waals surface area (Å²) >= 11 is 5.86. The molecule has 1 saturated carbocycles. The number of halogens is 1. The van der Waals surface area contributed by atoms with Crippen LogP contribution in [0.25, 0.3) is 11.0 Å². The minimum atomic E-state index is 0.651. The van der Waals surface area contributed by atoms with Crippen molar-refractivity contribution >= 4 is 22.6 Å². The highest BCUT2D eigenvalue weighted by atomic mass is 35.5. The number of nitrogens with zero attached hydrogens (tertiary/aromatic N) is 2. The van der Waals surface area contributed by atoms with Crippen LogP contribution in [0.3, 0.4) is 0 Å². The van der Waals surface area contributed by atoms with Gasteiger partial charge in [-0.1, -0.05) is 11.6 Å². The predicted molar refractivity (Wildman–Crippen MR) is 56.5 cm³/mol. The zero-order valence-electron chi connectivity index (χ0n) is 7.57. The maximum Gasteiger partial charge on any atom is 0.0904 e. The molecule has 0 amide bonds. The van der Waals surface area contributed by atoms with Gasteiger partial charge in [0.1, 0.15) is 0 Å². The van der Waals surface area contributed by atoms with Crippen LogP contribution in [0.1, 0.15) is 24.5 Å². The zero-order valence-corrected chi connectivity index (χ0v) is 8.33. The Balaban J connectivity index is 2.20. The van der Waals surface area contributed by atoms with Crippen LogP contribution in [0.5, 0.6) is 0 Å². The van der Waals surface area contributed by atoms with Gasteiger partial charge < -0.3 is 0 Å². The molecule has 0 N–H and O–H groups in total. The number of rotatable bonds is 1. The summed E-state index contributed by atoms with van der Waals surface area (Å²) in [5.74, 6) is 0.679. The lowest BCUT2D eigenvalue weighted by Crippen LogP contribution is -1.88. The first kappa shape index (κ1) is 8.18. The van der Waals surface area contributed by atoms with Crippen molar-refractivity contribution in [2.75, 3.05) is 0 Å². The first-order valence-corrected chi connectivity index (χ1v) is 5.13. The van der Waals surface area contributed by atoms with Crippen molar-refractivity contribution in [1.29, 1.82) is 0 Å². The Morgan fingerprint density at radius 3 is 2.86 bits per heavy atom. The van der Waals surface area contributed by atoms with E-state index in [2.05, 4.69) is 16.0 Å². The zero-order chi connectivity index (χ0) is 9.54. The molecule has 14 heavy (non-hydrogen) atoms. The molecule has 3 heteroatoms. The SMILES string of the molecule is Clc1cnc2ccc(C3CC3)nc2c1. The maximum atomic E-state index is 5.86. The third-order valence-corrected chi connectivity index (χ3v) is 2.73. The summed E-state index contributed by atoms with van der Waals surface area (Å²) < 4.78 is 0. The second-order valence-electron chi connectivity index (χ2n) is 3.70. The number of hydrogen-bond donors (Lipinski definition) is 0. The highest BCUT2D eigenvalue weighted by Gasteiger charge is 2.24. The van der Waals surface area contributed by atoms with E-state index in [1.165, 1.54) is 18.5 Å². The summed E-state index contributed by atoms with van der Waals surface area (Å²) in [6.07, 6.45) is 4.20. The summed E-state index contributed by atoms with van der Waals surface area (Å²) in [6, 6.07) is 5.96.